The fourth-order valence-corrected chi connectivity index (χ4v) is 5.13. The lowest BCUT2D eigenvalue weighted by Crippen LogP contribution is -2.18. The second kappa shape index (κ2) is 9.41. The number of halogens is 5. The number of hydrogen-bond acceptors (Lipinski definition) is 2. The van der Waals surface area contributed by atoms with Crippen molar-refractivity contribution in [2.24, 2.45) is 5.92 Å². The molecule has 0 saturated heterocycles. The Kier molecular flexibility index (Phi) is 6.84. The third-order valence-electron chi connectivity index (χ3n) is 6.30. The Labute approximate surface area is 216 Å². The Morgan fingerprint density at radius 1 is 0.914 bits per heavy atom. The molecule has 2 N–H and O–H groups in total. The molecule has 1 fully saturated rings. The van der Waals surface area contributed by atoms with Gasteiger partial charge in [-0.2, -0.15) is 0 Å². The second-order valence-electron chi connectivity index (χ2n) is 8.67. The van der Waals surface area contributed by atoms with Gasteiger partial charge < -0.3 is 10.6 Å². The number of anilines is 2. The molecule has 3 aromatic rings. The van der Waals surface area contributed by atoms with Crippen LogP contribution < -0.4 is 10.6 Å². The van der Waals surface area contributed by atoms with E-state index in [4.69, 9.17) is 34.8 Å². The van der Waals surface area contributed by atoms with Crippen molar-refractivity contribution in [2.45, 2.75) is 31.0 Å². The van der Waals surface area contributed by atoms with E-state index in [1.165, 1.54) is 18.2 Å². The van der Waals surface area contributed by atoms with Gasteiger partial charge in [-0.05, 0) is 73.4 Å². The molecule has 1 aliphatic carbocycles. The van der Waals surface area contributed by atoms with Gasteiger partial charge in [-0.25, -0.2) is 8.78 Å². The highest BCUT2D eigenvalue weighted by Gasteiger charge is 2.67. The molecule has 35 heavy (non-hydrogen) atoms. The van der Waals surface area contributed by atoms with E-state index in [0.29, 0.717) is 6.07 Å². The molecular weight excluding hydrogens is 517 g/mol. The minimum absolute atomic E-state index is 0.00617. The van der Waals surface area contributed by atoms with Crippen molar-refractivity contribution < 1.29 is 18.4 Å². The van der Waals surface area contributed by atoms with Crippen molar-refractivity contribution in [1.82, 2.24) is 0 Å². The lowest BCUT2D eigenvalue weighted by Gasteiger charge is -2.11. The fourth-order valence-electron chi connectivity index (χ4n) is 4.09. The van der Waals surface area contributed by atoms with E-state index in [2.05, 4.69) is 10.6 Å². The van der Waals surface area contributed by atoms with Crippen LogP contribution in [0.1, 0.15) is 38.5 Å². The summed E-state index contributed by atoms with van der Waals surface area (Å²) in [5, 5.41) is 5.17. The maximum absolute atomic E-state index is 13.9. The van der Waals surface area contributed by atoms with E-state index in [0.717, 1.165) is 34.4 Å². The number of aryl methyl sites for hydroxylation is 2. The van der Waals surface area contributed by atoms with Crippen LogP contribution in [0.2, 0.25) is 5.02 Å². The largest absolute Gasteiger partial charge is 0.326 e. The van der Waals surface area contributed by atoms with Crippen LogP contribution in [0.15, 0.2) is 48.5 Å². The number of nitrogens with one attached hydrogen (secondary N) is 2. The Morgan fingerprint density at radius 3 is 2.20 bits per heavy atom. The summed E-state index contributed by atoms with van der Waals surface area (Å²) in [6.45, 7) is 6.01. The zero-order valence-corrected chi connectivity index (χ0v) is 21.2. The normalized spacial score (nSPS) is 18.2. The molecular formula is C26H21Cl3F2N2O2. The van der Waals surface area contributed by atoms with E-state index < -0.39 is 33.7 Å². The maximum atomic E-state index is 13.9. The highest BCUT2D eigenvalue weighted by Crippen LogP contribution is 2.65. The molecule has 182 valence electrons. The van der Waals surface area contributed by atoms with Gasteiger partial charge in [0, 0.05) is 17.7 Å². The van der Waals surface area contributed by atoms with Crippen LogP contribution in [0.4, 0.5) is 20.2 Å². The lowest BCUT2D eigenvalue weighted by atomic mass is 9.97. The summed E-state index contributed by atoms with van der Waals surface area (Å²) in [5.41, 5.74) is 4.29. The Morgan fingerprint density at radius 2 is 1.57 bits per heavy atom. The number of hydrogen-bond donors (Lipinski definition) is 2. The van der Waals surface area contributed by atoms with Gasteiger partial charge in [0.05, 0.1) is 22.2 Å². The van der Waals surface area contributed by atoms with Crippen molar-refractivity contribution in [3.63, 3.8) is 0 Å². The van der Waals surface area contributed by atoms with E-state index in [9.17, 15) is 18.4 Å². The van der Waals surface area contributed by atoms with Crippen LogP contribution in [0.5, 0.6) is 0 Å². The summed E-state index contributed by atoms with van der Waals surface area (Å²) in [6, 6.07) is 11.1. The number of rotatable bonds is 5. The summed E-state index contributed by atoms with van der Waals surface area (Å²) in [6.07, 6.45) is 0. The molecule has 0 heterocycles. The molecule has 0 radical (unpaired) electrons. The number of alkyl halides is 2. The fraction of sp³-hybridized carbons (Fsp3) is 0.231. The average molecular weight is 538 g/mol. The summed E-state index contributed by atoms with van der Waals surface area (Å²) < 4.78 is 25.8. The molecule has 2 amide bonds. The first-order valence-corrected chi connectivity index (χ1v) is 11.9. The third-order valence-corrected chi connectivity index (χ3v) is 7.57. The maximum Gasteiger partial charge on any atom is 0.257 e. The first kappa shape index (κ1) is 25.4. The zero-order chi connectivity index (χ0) is 25.7. The van der Waals surface area contributed by atoms with Gasteiger partial charge in [0.1, 0.15) is 16.0 Å². The van der Waals surface area contributed by atoms with Crippen molar-refractivity contribution >= 4 is 58.0 Å². The number of carbonyl (C=O) groups is 2. The minimum atomic E-state index is -1.27. The van der Waals surface area contributed by atoms with Gasteiger partial charge >= 0.3 is 0 Å². The van der Waals surface area contributed by atoms with Gasteiger partial charge in [0.15, 0.2) is 0 Å². The van der Waals surface area contributed by atoms with Crippen molar-refractivity contribution in [3.8, 4) is 0 Å². The molecule has 4 rings (SSSR count). The van der Waals surface area contributed by atoms with Crippen molar-refractivity contribution in [1.29, 1.82) is 0 Å². The summed E-state index contributed by atoms with van der Waals surface area (Å²) in [7, 11) is 0. The summed E-state index contributed by atoms with van der Waals surface area (Å²) in [5.74, 6) is -3.92. The van der Waals surface area contributed by atoms with Crippen molar-refractivity contribution in [3.05, 3.63) is 93.0 Å². The van der Waals surface area contributed by atoms with Gasteiger partial charge in [-0.1, -0.05) is 23.7 Å². The molecule has 0 bridgehead atoms. The minimum Gasteiger partial charge on any atom is -0.326 e. The van der Waals surface area contributed by atoms with Gasteiger partial charge in [0.25, 0.3) is 5.91 Å². The number of benzene rings is 3. The standard InChI is InChI=1S/C26H21Cl3F2N2O2/c1-12-8-15(9-13(2)14(12)3)22-23(26(22,28)29)25(35)32-17-5-6-19(27)18(11-17)24(34)33-21-7-4-16(30)10-20(21)31/h4-11,22-23H,1-3H3,(H,32,35)(H,33,34). The predicted molar refractivity (Wildman–Crippen MR) is 136 cm³/mol. The molecule has 3 aromatic carbocycles. The molecule has 1 saturated carbocycles. The molecule has 2 atom stereocenters. The highest BCUT2D eigenvalue weighted by molar-refractivity contribution is 6.53. The Hall–Kier alpha value is -2.67. The Balaban J connectivity index is 1.52. The molecule has 4 nitrogen and oxygen atoms in total. The number of amides is 2. The highest BCUT2D eigenvalue weighted by atomic mass is 35.5. The molecule has 2 unspecified atom stereocenters. The van der Waals surface area contributed by atoms with Crippen LogP contribution in [0.3, 0.4) is 0 Å². The van der Waals surface area contributed by atoms with Crippen LogP contribution in [0, 0.1) is 38.3 Å². The van der Waals surface area contributed by atoms with Crippen LogP contribution in [0.25, 0.3) is 0 Å². The first-order valence-electron chi connectivity index (χ1n) is 10.7. The summed E-state index contributed by atoms with van der Waals surface area (Å²) in [4.78, 5) is 25.7. The van der Waals surface area contributed by atoms with E-state index in [1.807, 2.05) is 32.9 Å². The lowest BCUT2D eigenvalue weighted by molar-refractivity contribution is -0.117. The molecule has 9 heteroatoms. The topological polar surface area (TPSA) is 58.2 Å². The molecule has 1 aliphatic rings. The zero-order valence-electron chi connectivity index (χ0n) is 19.0. The second-order valence-corrected chi connectivity index (χ2v) is 10.5. The predicted octanol–water partition coefficient (Wildman–Crippen LogP) is 7.32. The van der Waals surface area contributed by atoms with Crippen molar-refractivity contribution in [2.75, 3.05) is 10.6 Å². The SMILES string of the molecule is Cc1cc(C2C(C(=O)Nc3ccc(Cl)c(C(=O)Nc4ccc(F)cc4F)c3)C2(Cl)Cl)cc(C)c1C. The van der Waals surface area contributed by atoms with Crippen LogP contribution in [-0.2, 0) is 4.79 Å². The average Bonchev–Trinajstić information content (AvgIpc) is 3.37. The number of carbonyl (C=O) groups excluding carboxylic acids is 2. The smallest absolute Gasteiger partial charge is 0.257 e. The molecule has 0 aliphatic heterocycles. The van der Waals surface area contributed by atoms with Gasteiger partial charge in [0.2, 0.25) is 5.91 Å². The quantitative estimate of drug-likeness (QED) is 0.335. The van der Waals surface area contributed by atoms with Gasteiger partial charge in [-0.15, -0.1) is 23.2 Å². The Bertz CT molecular complexity index is 1340. The first-order chi connectivity index (χ1) is 16.4. The molecule has 0 spiro atoms. The van der Waals surface area contributed by atoms with Crippen LogP contribution >= 0.6 is 34.8 Å². The van der Waals surface area contributed by atoms with E-state index in [-0.39, 0.29) is 27.9 Å². The molecule has 0 aromatic heterocycles. The van der Waals surface area contributed by atoms with E-state index in [1.54, 1.807) is 0 Å². The summed E-state index contributed by atoms with van der Waals surface area (Å²) >= 11 is 19.1. The monoisotopic (exact) mass is 536 g/mol. The van der Waals surface area contributed by atoms with Gasteiger partial charge in [-0.3, -0.25) is 9.59 Å². The third kappa shape index (κ3) is 5.01. The van der Waals surface area contributed by atoms with E-state index >= 15 is 0 Å². The van der Waals surface area contributed by atoms with Crippen LogP contribution in [-0.4, -0.2) is 16.1 Å².